The van der Waals surface area contributed by atoms with Crippen LogP contribution in [0.15, 0.2) is 18.2 Å². The minimum Gasteiger partial charge on any atom is -0.483 e. The topological polar surface area (TPSA) is 108 Å². The lowest BCUT2D eigenvalue weighted by molar-refractivity contribution is -0.154. The molecule has 28 heavy (non-hydrogen) atoms. The fourth-order valence-corrected chi connectivity index (χ4v) is 3.53. The summed E-state index contributed by atoms with van der Waals surface area (Å²) in [5, 5.41) is 0. The molecule has 2 heterocycles. The Bertz CT molecular complexity index is 768. The summed E-state index contributed by atoms with van der Waals surface area (Å²) in [7, 11) is 0. The summed E-state index contributed by atoms with van der Waals surface area (Å²) in [5.41, 5.74) is 6.01. The monoisotopic (exact) mass is 390 g/mol. The molecule has 2 amide bonds. The van der Waals surface area contributed by atoms with Gasteiger partial charge in [0.05, 0.1) is 0 Å². The molecule has 1 fully saturated rings. The van der Waals surface area contributed by atoms with Crippen LogP contribution in [0.4, 0.5) is 0 Å². The van der Waals surface area contributed by atoms with Crippen molar-refractivity contribution in [3.8, 4) is 11.5 Å². The number of carbonyl (C=O) groups is 3. The van der Waals surface area contributed by atoms with Gasteiger partial charge in [0.15, 0.2) is 24.7 Å². The SMILES string of the molecule is CC1(C)Cc2cccc(OCC(=O)OCC(=O)N3CCC(C(N)=O)CC3)c2O1. The number of para-hydroxylation sites is 1. The van der Waals surface area contributed by atoms with Crippen molar-refractivity contribution in [1.29, 1.82) is 0 Å². The van der Waals surface area contributed by atoms with Crippen LogP contribution in [-0.4, -0.2) is 54.6 Å². The Morgan fingerprint density at radius 2 is 1.93 bits per heavy atom. The van der Waals surface area contributed by atoms with Crippen LogP contribution in [-0.2, 0) is 25.5 Å². The van der Waals surface area contributed by atoms with E-state index in [0.29, 0.717) is 37.4 Å². The van der Waals surface area contributed by atoms with Gasteiger partial charge in [0.2, 0.25) is 5.91 Å². The highest BCUT2D eigenvalue weighted by Crippen LogP contribution is 2.41. The molecule has 0 radical (unpaired) electrons. The number of primary amides is 1. The number of ether oxygens (including phenoxy) is 3. The zero-order chi connectivity index (χ0) is 20.3. The van der Waals surface area contributed by atoms with Gasteiger partial charge in [-0.05, 0) is 32.8 Å². The summed E-state index contributed by atoms with van der Waals surface area (Å²) < 4.78 is 16.5. The number of hydrogen-bond donors (Lipinski definition) is 1. The second-order valence-corrected chi connectivity index (χ2v) is 7.79. The summed E-state index contributed by atoms with van der Waals surface area (Å²) in [6.07, 6.45) is 1.84. The summed E-state index contributed by atoms with van der Waals surface area (Å²) in [6.45, 7) is 4.19. The Balaban J connectivity index is 1.43. The van der Waals surface area contributed by atoms with Crippen molar-refractivity contribution in [1.82, 2.24) is 4.90 Å². The van der Waals surface area contributed by atoms with E-state index in [9.17, 15) is 14.4 Å². The van der Waals surface area contributed by atoms with E-state index in [0.717, 1.165) is 12.0 Å². The van der Waals surface area contributed by atoms with Gasteiger partial charge >= 0.3 is 5.97 Å². The third-order valence-electron chi connectivity index (χ3n) is 5.01. The van der Waals surface area contributed by atoms with E-state index in [1.807, 2.05) is 26.0 Å². The zero-order valence-electron chi connectivity index (χ0n) is 16.2. The number of fused-ring (bicyclic) bond motifs is 1. The Morgan fingerprint density at radius 3 is 2.61 bits per heavy atom. The lowest BCUT2D eigenvalue weighted by Gasteiger charge is -2.30. The smallest absolute Gasteiger partial charge is 0.344 e. The van der Waals surface area contributed by atoms with Crippen LogP contribution in [0.2, 0.25) is 0 Å². The number of benzene rings is 1. The molecule has 1 saturated heterocycles. The van der Waals surface area contributed by atoms with Crippen LogP contribution in [0.1, 0.15) is 32.3 Å². The Kier molecular flexibility index (Phi) is 5.76. The van der Waals surface area contributed by atoms with E-state index in [1.165, 1.54) is 0 Å². The van der Waals surface area contributed by atoms with E-state index in [1.54, 1.807) is 11.0 Å². The van der Waals surface area contributed by atoms with E-state index >= 15 is 0 Å². The summed E-state index contributed by atoms with van der Waals surface area (Å²) in [6, 6.07) is 5.56. The Labute approximate surface area is 163 Å². The van der Waals surface area contributed by atoms with Gasteiger partial charge in [0, 0.05) is 31.0 Å². The van der Waals surface area contributed by atoms with Crippen LogP contribution in [0.5, 0.6) is 11.5 Å². The van der Waals surface area contributed by atoms with Crippen molar-refractivity contribution in [2.75, 3.05) is 26.3 Å². The number of nitrogens with zero attached hydrogens (tertiary/aromatic N) is 1. The third-order valence-corrected chi connectivity index (χ3v) is 5.01. The van der Waals surface area contributed by atoms with E-state index in [4.69, 9.17) is 19.9 Å². The first-order valence-corrected chi connectivity index (χ1v) is 9.41. The van der Waals surface area contributed by atoms with Crippen LogP contribution in [0.25, 0.3) is 0 Å². The molecule has 0 aromatic heterocycles. The normalized spacial score (nSPS) is 18.1. The molecule has 8 heteroatoms. The molecule has 0 saturated carbocycles. The highest BCUT2D eigenvalue weighted by atomic mass is 16.6. The van der Waals surface area contributed by atoms with Crippen LogP contribution in [0, 0.1) is 5.92 Å². The second-order valence-electron chi connectivity index (χ2n) is 7.79. The molecule has 0 aliphatic carbocycles. The van der Waals surface area contributed by atoms with Crippen molar-refractivity contribution in [3.05, 3.63) is 23.8 Å². The Morgan fingerprint density at radius 1 is 1.21 bits per heavy atom. The molecule has 0 spiro atoms. The second kappa shape index (κ2) is 8.08. The van der Waals surface area contributed by atoms with Crippen LogP contribution >= 0.6 is 0 Å². The molecule has 2 aliphatic heterocycles. The van der Waals surface area contributed by atoms with Crippen molar-refractivity contribution in [3.63, 3.8) is 0 Å². The number of rotatable bonds is 6. The van der Waals surface area contributed by atoms with Gasteiger partial charge in [0.25, 0.3) is 5.91 Å². The molecule has 3 rings (SSSR count). The molecule has 1 aromatic rings. The maximum absolute atomic E-state index is 12.1. The number of piperidine rings is 1. The molecule has 0 unspecified atom stereocenters. The fourth-order valence-electron chi connectivity index (χ4n) is 3.53. The molecule has 152 valence electrons. The van der Waals surface area contributed by atoms with Gasteiger partial charge in [-0.15, -0.1) is 0 Å². The summed E-state index contributed by atoms with van der Waals surface area (Å²) in [5.74, 6) is -0.319. The Hall–Kier alpha value is -2.77. The minimum absolute atomic E-state index is 0.195. The molecule has 0 atom stereocenters. The first kappa shape index (κ1) is 20.0. The number of carbonyl (C=O) groups excluding carboxylic acids is 3. The standard InChI is InChI=1S/C20H26N2O6/c1-20(2)10-14-4-3-5-15(18(14)28-20)26-12-17(24)27-11-16(23)22-8-6-13(7-9-22)19(21)25/h3-5,13H,6-12H2,1-2H3,(H2,21,25). The first-order chi connectivity index (χ1) is 13.2. The van der Waals surface area contributed by atoms with Gasteiger partial charge in [-0.2, -0.15) is 0 Å². The van der Waals surface area contributed by atoms with Gasteiger partial charge in [0.1, 0.15) is 5.60 Å². The summed E-state index contributed by atoms with van der Waals surface area (Å²) in [4.78, 5) is 36.8. The zero-order valence-corrected chi connectivity index (χ0v) is 16.2. The third kappa shape index (κ3) is 4.74. The average molecular weight is 390 g/mol. The molecule has 2 aliphatic rings. The largest absolute Gasteiger partial charge is 0.483 e. The molecule has 2 N–H and O–H groups in total. The van der Waals surface area contributed by atoms with Crippen LogP contribution < -0.4 is 15.2 Å². The van der Waals surface area contributed by atoms with E-state index < -0.39 is 5.97 Å². The fraction of sp³-hybridized carbons (Fsp3) is 0.550. The number of amides is 2. The molecule has 8 nitrogen and oxygen atoms in total. The summed E-state index contributed by atoms with van der Waals surface area (Å²) >= 11 is 0. The van der Waals surface area contributed by atoms with Crippen LogP contribution in [0.3, 0.4) is 0 Å². The van der Waals surface area contributed by atoms with Crippen molar-refractivity contribution in [2.24, 2.45) is 11.7 Å². The average Bonchev–Trinajstić information content (AvgIpc) is 2.98. The molecule has 1 aromatic carbocycles. The molecular formula is C20H26N2O6. The number of hydrogen-bond acceptors (Lipinski definition) is 6. The predicted octanol–water partition coefficient (Wildman–Crippen LogP) is 1.05. The van der Waals surface area contributed by atoms with E-state index in [2.05, 4.69) is 0 Å². The predicted molar refractivity (Wildman–Crippen MR) is 99.8 cm³/mol. The number of likely N-dealkylation sites (tertiary alicyclic amines) is 1. The lowest BCUT2D eigenvalue weighted by Crippen LogP contribution is -2.43. The maximum Gasteiger partial charge on any atom is 0.344 e. The van der Waals surface area contributed by atoms with Gasteiger partial charge in [-0.3, -0.25) is 9.59 Å². The number of nitrogens with two attached hydrogens (primary N) is 1. The lowest BCUT2D eigenvalue weighted by atomic mass is 9.96. The van der Waals surface area contributed by atoms with Gasteiger partial charge < -0.3 is 24.8 Å². The number of esters is 1. The quantitative estimate of drug-likeness (QED) is 0.728. The molecule has 0 bridgehead atoms. The molecular weight excluding hydrogens is 364 g/mol. The van der Waals surface area contributed by atoms with Crippen molar-refractivity contribution in [2.45, 2.75) is 38.7 Å². The highest BCUT2D eigenvalue weighted by molar-refractivity contribution is 5.82. The van der Waals surface area contributed by atoms with Gasteiger partial charge in [-0.1, -0.05) is 12.1 Å². The maximum atomic E-state index is 12.1. The minimum atomic E-state index is -0.629. The van der Waals surface area contributed by atoms with Gasteiger partial charge in [-0.25, -0.2) is 4.79 Å². The van der Waals surface area contributed by atoms with E-state index in [-0.39, 0.29) is 36.5 Å². The highest BCUT2D eigenvalue weighted by Gasteiger charge is 2.32. The van der Waals surface area contributed by atoms with Crippen molar-refractivity contribution < 1.29 is 28.6 Å². The van der Waals surface area contributed by atoms with Crippen molar-refractivity contribution >= 4 is 17.8 Å². The first-order valence-electron chi connectivity index (χ1n) is 9.41.